The van der Waals surface area contributed by atoms with Gasteiger partial charge in [-0.25, -0.2) is 17.6 Å². The van der Waals surface area contributed by atoms with Gasteiger partial charge >= 0.3 is 6.09 Å². The molecule has 34 heavy (non-hydrogen) atoms. The van der Waals surface area contributed by atoms with Crippen molar-refractivity contribution < 1.29 is 31.9 Å². The highest BCUT2D eigenvalue weighted by Crippen LogP contribution is 2.30. The molecular weight excluding hydrogens is 465 g/mol. The normalized spacial score (nSPS) is 19.8. The summed E-state index contributed by atoms with van der Waals surface area (Å²) in [4.78, 5) is 27.0. The predicted molar refractivity (Wildman–Crippen MR) is 123 cm³/mol. The Morgan fingerprint density at radius 2 is 1.82 bits per heavy atom. The van der Waals surface area contributed by atoms with E-state index in [-0.39, 0.29) is 13.0 Å². The molecule has 1 heterocycles. The third-order valence-electron chi connectivity index (χ3n) is 5.60. The van der Waals surface area contributed by atoms with Crippen molar-refractivity contribution in [3.63, 3.8) is 0 Å². The van der Waals surface area contributed by atoms with Crippen LogP contribution in [0.25, 0.3) is 0 Å². The van der Waals surface area contributed by atoms with E-state index in [9.17, 15) is 27.7 Å². The van der Waals surface area contributed by atoms with Gasteiger partial charge in [0.05, 0.1) is 30.2 Å². The van der Waals surface area contributed by atoms with Crippen LogP contribution in [0.5, 0.6) is 5.75 Å². The van der Waals surface area contributed by atoms with Crippen molar-refractivity contribution in [2.24, 2.45) is 0 Å². The summed E-state index contributed by atoms with van der Waals surface area (Å²) in [6.45, 7) is 7.13. The van der Waals surface area contributed by atoms with Crippen LogP contribution >= 0.6 is 0 Å². The smallest absolute Gasteiger partial charge is 0.408 e. The number of methoxy groups -OCH3 is 1. The maximum absolute atomic E-state index is 14.0. The Labute approximate surface area is 200 Å². The lowest BCUT2D eigenvalue weighted by Crippen LogP contribution is -2.62. The third-order valence-corrected chi connectivity index (χ3v) is 8.15. The van der Waals surface area contributed by atoms with Crippen molar-refractivity contribution in [2.45, 2.75) is 75.4 Å². The van der Waals surface area contributed by atoms with E-state index >= 15 is 0 Å². The number of benzene rings is 1. The summed E-state index contributed by atoms with van der Waals surface area (Å²) in [5.41, 5.74) is -0.450. The number of alkyl carbamates (subject to hydrolysis) is 1. The Balaban J connectivity index is 2.42. The molecule has 1 fully saturated rings. The largest absolute Gasteiger partial charge is 0.497 e. The molecule has 1 aliphatic heterocycles. The minimum Gasteiger partial charge on any atom is -0.497 e. The van der Waals surface area contributed by atoms with Gasteiger partial charge in [-0.3, -0.25) is 4.79 Å². The van der Waals surface area contributed by atoms with E-state index < -0.39 is 56.2 Å². The first kappa shape index (κ1) is 27.4. The number of hydrogen-bond donors (Lipinski definition) is 1. The van der Waals surface area contributed by atoms with Gasteiger partial charge < -0.3 is 19.7 Å². The highest BCUT2D eigenvalue weighted by molar-refractivity contribution is 7.92. The number of rotatable bonds is 7. The molecule has 1 saturated heterocycles. The fraction of sp³-hybridized carbons (Fsp3) is 0.609. The number of alkyl halides is 1. The van der Waals surface area contributed by atoms with Crippen molar-refractivity contribution in [1.82, 2.24) is 10.2 Å². The van der Waals surface area contributed by atoms with Crippen LogP contribution < -0.4 is 10.1 Å². The highest BCUT2D eigenvalue weighted by Gasteiger charge is 2.50. The van der Waals surface area contributed by atoms with Gasteiger partial charge in [0.1, 0.15) is 29.6 Å². The molecule has 0 saturated carbocycles. The fourth-order valence-electron chi connectivity index (χ4n) is 3.58. The lowest BCUT2D eigenvalue weighted by atomic mass is 10.0. The molecule has 0 spiro atoms. The molecule has 1 aliphatic rings. The first-order chi connectivity index (χ1) is 15.6. The van der Waals surface area contributed by atoms with Crippen molar-refractivity contribution in [1.29, 1.82) is 5.26 Å². The minimum absolute atomic E-state index is 0.180. The molecule has 2 amide bonds. The van der Waals surface area contributed by atoms with Crippen LogP contribution in [0.1, 0.15) is 46.6 Å². The van der Waals surface area contributed by atoms with Crippen molar-refractivity contribution in [2.75, 3.05) is 13.7 Å². The second-order valence-electron chi connectivity index (χ2n) is 9.76. The molecule has 1 aromatic rings. The number of sulfone groups is 1. The zero-order valence-corrected chi connectivity index (χ0v) is 21.1. The SMILES string of the molecule is COc1ccc(CS(=O)(=O)C(C)(C)[C@H](NC(=O)OC(C)(C)C)C(=O)N2C[C@@H](F)C[C@H]2C#N)cc1. The van der Waals surface area contributed by atoms with Gasteiger partial charge in [0.15, 0.2) is 9.84 Å². The maximum atomic E-state index is 14.0. The minimum atomic E-state index is -4.07. The number of nitrogens with zero attached hydrogens (tertiary/aromatic N) is 2. The summed E-state index contributed by atoms with van der Waals surface area (Å²) in [5, 5.41) is 11.7. The monoisotopic (exact) mass is 497 g/mol. The second-order valence-corrected chi connectivity index (χ2v) is 12.3. The van der Waals surface area contributed by atoms with E-state index in [0.29, 0.717) is 11.3 Å². The standard InChI is InChI=1S/C23H32FN3O6S/c1-22(2,3)33-21(29)26-19(20(28)27-13-16(24)11-17(27)12-25)23(4,5)34(30,31)14-15-7-9-18(32-6)10-8-15/h7-10,16-17,19H,11,13-14H2,1-6H3,(H,26,29)/t16-,17-,19+/m0/s1. The molecular formula is C23H32FN3O6S. The first-order valence-corrected chi connectivity index (χ1v) is 12.5. The molecule has 0 radical (unpaired) electrons. The fourth-order valence-corrected chi connectivity index (χ4v) is 5.10. The van der Waals surface area contributed by atoms with Crippen LogP contribution in [-0.2, 0) is 25.1 Å². The van der Waals surface area contributed by atoms with Crippen molar-refractivity contribution in [3.05, 3.63) is 29.8 Å². The van der Waals surface area contributed by atoms with Crippen molar-refractivity contribution >= 4 is 21.8 Å². The van der Waals surface area contributed by atoms with Crippen molar-refractivity contribution in [3.8, 4) is 11.8 Å². The Morgan fingerprint density at radius 3 is 2.32 bits per heavy atom. The molecule has 11 heteroatoms. The number of likely N-dealkylation sites (tertiary alicyclic amines) is 1. The van der Waals surface area contributed by atoms with Gasteiger partial charge in [-0.1, -0.05) is 12.1 Å². The Hall–Kier alpha value is -2.87. The number of halogens is 1. The topological polar surface area (TPSA) is 126 Å². The van der Waals surface area contributed by atoms with Gasteiger partial charge in [0.2, 0.25) is 5.91 Å². The predicted octanol–water partition coefficient (Wildman–Crippen LogP) is 2.74. The number of nitriles is 1. The van der Waals surface area contributed by atoms with E-state index in [4.69, 9.17) is 9.47 Å². The number of carbonyl (C=O) groups excluding carboxylic acids is 2. The summed E-state index contributed by atoms with van der Waals surface area (Å²) in [6, 6.07) is 5.59. The number of carbonyl (C=O) groups is 2. The lowest BCUT2D eigenvalue weighted by Gasteiger charge is -2.36. The van der Waals surface area contributed by atoms with Crippen LogP contribution in [0.2, 0.25) is 0 Å². The van der Waals surface area contributed by atoms with E-state index in [0.717, 1.165) is 4.90 Å². The molecule has 9 nitrogen and oxygen atoms in total. The quantitative estimate of drug-likeness (QED) is 0.614. The van der Waals surface area contributed by atoms with Gasteiger partial charge in [-0.15, -0.1) is 0 Å². The molecule has 0 aliphatic carbocycles. The van der Waals surface area contributed by atoms with E-state index in [1.807, 2.05) is 6.07 Å². The number of ether oxygens (including phenoxy) is 2. The Morgan fingerprint density at radius 1 is 1.24 bits per heavy atom. The summed E-state index contributed by atoms with van der Waals surface area (Å²) < 4.78 is 49.5. The van der Waals surface area contributed by atoms with E-state index in [2.05, 4.69) is 5.32 Å². The maximum Gasteiger partial charge on any atom is 0.408 e. The summed E-state index contributed by atoms with van der Waals surface area (Å²) in [5.74, 6) is -0.727. The molecule has 3 atom stereocenters. The first-order valence-electron chi connectivity index (χ1n) is 10.8. The molecule has 1 aromatic carbocycles. The summed E-state index contributed by atoms with van der Waals surface area (Å²) >= 11 is 0. The van der Waals surface area contributed by atoms with E-state index in [1.54, 1.807) is 45.0 Å². The van der Waals surface area contributed by atoms with Gasteiger partial charge in [0.25, 0.3) is 0 Å². The molecule has 2 rings (SSSR count). The average molecular weight is 498 g/mol. The molecule has 0 bridgehead atoms. The van der Waals surface area contributed by atoms with Crippen LogP contribution in [0.4, 0.5) is 9.18 Å². The number of amides is 2. The number of hydrogen-bond acceptors (Lipinski definition) is 7. The van der Waals surface area contributed by atoms with Crippen LogP contribution in [0.3, 0.4) is 0 Å². The molecule has 0 unspecified atom stereocenters. The van der Waals surface area contributed by atoms with Gasteiger partial charge in [0, 0.05) is 6.42 Å². The lowest BCUT2D eigenvalue weighted by molar-refractivity contribution is -0.134. The van der Waals surface area contributed by atoms with Gasteiger partial charge in [-0.05, 0) is 52.3 Å². The summed E-state index contributed by atoms with van der Waals surface area (Å²) in [6.07, 6.45) is -2.60. The Kier molecular flexibility index (Phi) is 8.19. The third kappa shape index (κ3) is 6.38. The molecule has 0 aromatic heterocycles. The Bertz CT molecular complexity index is 1040. The van der Waals surface area contributed by atoms with E-state index in [1.165, 1.54) is 21.0 Å². The second kappa shape index (κ2) is 10.2. The molecule has 1 N–H and O–H groups in total. The van der Waals surface area contributed by atoms with Crippen LogP contribution in [-0.4, -0.2) is 67.6 Å². The van der Waals surface area contributed by atoms with Crippen LogP contribution in [0, 0.1) is 11.3 Å². The van der Waals surface area contributed by atoms with Gasteiger partial charge in [-0.2, -0.15) is 5.26 Å². The average Bonchev–Trinajstić information content (AvgIpc) is 3.11. The zero-order valence-electron chi connectivity index (χ0n) is 20.3. The zero-order chi connectivity index (χ0) is 25.9. The summed E-state index contributed by atoms with van der Waals surface area (Å²) in [7, 11) is -2.58. The highest BCUT2D eigenvalue weighted by atomic mass is 32.2. The number of nitrogens with one attached hydrogen (secondary N) is 1. The van der Waals surface area contributed by atoms with Crippen LogP contribution in [0.15, 0.2) is 24.3 Å². The molecule has 188 valence electrons.